The lowest BCUT2D eigenvalue weighted by molar-refractivity contribution is 0.0984. The van der Waals surface area contributed by atoms with Gasteiger partial charge in [-0.3, -0.25) is 0 Å². The normalized spacial score (nSPS) is 28.4. The van der Waals surface area contributed by atoms with Crippen LogP contribution in [0.4, 0.5) is 10.5 Å². The zero-order valence-electron chi connectivity index (χ0n) is 10.2. The maximum atomic E-state index is 11.9. The minimum absolute atomic E-state index is 0.118. The Morgan fingerprint density at radius 3 is 2.89 bits per heavy atom. The van der Waals surface area contributed by atoms with Crippen LogP contribution in [-0.2, 0) is 4.74 Å². The summed E-state index contributed by atoms with van der Waals surface area (Å²) in [4.78, 5) is 11.9. The van der Waals surface area contributed by atoms with Gasteiger partial charge in [-0.2, -0.15) is 0 Å². The van der Waals surface area contributed by atoms with Gasteiger partial charge in [-0.25, -0.2) is 4.79 Å². The summed E-state index contributed by atoms with van der Waals surface area (Å²) in [5.74, 6) is 0. The van der Waals surface area contributed by atoms with Crippen molar-refractivity contribution < 1.29 is 9.53 Å². The van der Waals surface area contributed by atoms with Gasteiger partial charge in [0.2, 0.25) is 0 Å². The Kier molecular flexibility index (Phi) is 3.69. The van der Waals surface area contributed by atoms with Crippen LogP contribution in [0.3, 0.4) is 0 Å². The molecule has 19 heavy (non-hydrogen) atoms. The molecule has 1 aromatic carbocycles. The van der Waals surface area contributed by atoms with Crippen molar-refractivity contribution >= 4 is 39.2 Å². The van der Waals surface area contributed by atoms with Crippen molar-refractivity contribution in [2.75, 3.05) is 5.32 Å². The van der Waals surface area contributed by atoms with E-state index in [1.807, 2.05) is 6.07 Å². The van der Waals surface area contributed by atoms with Crippen LogP contribution in [-0.4, -0.2) is 24.3 Å². The average Bonchev–Trinajstić information content (AvgIpc) is 2.95. The van der Waals surface area contributed by atoms with Crippen LogP contribution in [0.5, 0.6) is 0 Å². The molecular formula is C13H14BrClN2O2. The van der Waals surface area contributed by atoms with E-state index in [2.05, 4.69) is 26.6 Å². The maximum Gasteiger partial charge on any atom is 0.319 e. The quantitative estimate of drug-likeness (QED) is 0.861. The van der Waals surface area contributed by atoms with E-state index in [9.17, 15) is 4.79 Å². The fourth-order valence-electron chi connectivity index (χ4n) is 2.71. The third-order valence-corrected chi connectivity index (χ3v) is 4.41. The molecule has 6 heteroatoms. The highest BCUT2D eigenvalue weighted by atomic mass is 79.9. The summed E-state index contributed by atoms with van der Waals surface area (Å²) < 4.78 is 6.58. The first kappa shape index (κ1) is 13.2. The Hall–Kier alpha value is -0.780. The molecule has 2 fully saturated rings. The fourth-order valence-corrected chi connectivity index (χ4v) is 3.43. The van der Waals surface area contributed by atoms with Gasteiger partial charge >= 0.3 is 6.03 Å². The average molecular weight is 346 g/mol. The second-order valence-corrected chi connectivity index (χ2v) is 6.26. The molecule has 2 saturated heterocycles. The van der Waals surface area contributed by atoms with E-state index in [0.29, 0.717) is 16.8 Å². The Bertz CT molecular complexity index is 511. The highest BCUT2D eigenvalue weighted by molar-refractivity contribution is 9.10. The van der Waals surface area contributed by atoms with Gasteiger partial charge in [-0.05, 0) is 37.5 Å². The minimum atomic E-state index is -0.231. The highest BCUT2D eigenvalue weighted by Crippen LogP contribution is 2.34. The number of rotatable bonds is 2. The van der Waals surface area contributed by atoms with E-state index >= 15 is 0 Å². The first-order valence-corrected chi connectivity index (χ1v) is 7.47. The van der Waals surface area contributed by atoms with Crippen molar-refractivity contribution in [3.05, 3.63) is 27.7 Å². The zero-order valence-corrected chi connectivity index (χ0v) is 12.5. The van der Waals surface area contributed by atoms with Gasteiger partial charge in [0, 0.05) is 4.47 Å². The predicted molar refractivity (Wildman–Crippen MR) is 77.6 cm³/mol. The van der Waals surface area contributed by atoms with Crippen molar-refractivity contribution in [3.8, 4) is 0 Å². The number of anilines is 1. The Labute approximate surface area is 125 Å². The summed E-state index contributed by atoms with van der Waals surface area (Å²) >= 11 is 9.38. The molecule has 102 valence electrons. The number of fused-ring (bicyclic) bond motifs is 2. The summed E-state index contributed by atoms with van der Waals surface area (Å²) in [6, 6.07) is 5.24. The van der Waals surface area contributed by atoms with Gasteiger partial charge in [0.25, 0.3) is 0 Å². The number of halogens is 2. The molecule has 0 aromatic heterocycles. The number of hydrogen-bond acceptors (Lipinski definition) is 2. The summed E-state index contributed by atoms with van der Waals surface area (Å²) in [6.07, 6.45) is 3.56. The summed E-state index contributed by atoms with van der Waals surface area (Å²) in [7, 11) is 0. The standard InChI is InChI=1S/C13H14BrClN2O2/c14-7-1-3-10(9(15)5-7)16-13(18)17-11-6-8-2-4-12(11)19-8/h1,3,5,8,11-12H,2,4,6H2,(H2,16,17,18)/t8-,11-,12-/m1/s1. The topological polar surface area (TPSA) is 50.4 Å². The molecule has 0 radical (unpaired) electrons. The largest absolute Gasteiger partial charge is 0.373 e. The summed E-state index contributed by atoms with van der Waals surface area (Å²) in [5.41, 5.74) is 0.603. The summed E-state index contributed by atoms with van der Waals surface area (Å²) in [5, 5.41) is 6.23. The van der Waals surface area contributed by atoms with Crippen LogP contribution in [0.15, 0.2) is 22.7 Å². The molecule has 0 saturated carbocycles. The molecule has 3 rings (SSSR count). The molecule has 0 aliphatic carbocycles. The smallest absolute Gasteiger partial charge is 0.319 e. The van der Waals surface area contributed by atoms with Gasteiger partial charge in [0.1, 0.15) is 0 Å². The predicted octanol–water partition coefficient (Wildman–Crippen LogP) is 3.54. The second-order valence-electron chi connectivity index (χ2n) is 4.94. The van der Waals surface area contributed by atoms with E-state index < -0.39 is 0 Å². The van der Waals surface area contributed by atoms with E-state index in [1.165, 1.54) is 0 Å². The molecule has 3 atom stereocenters. The van der Waals surface area contributed by atoms with E-state index in [4.69, 9.17) is 16.3 Å². The lowest BCUT2D eigenvalue weighted by Crippen LogP contribution is -2.43. The van der Waals surface area contributed by atoms with Crippen LogP contribution in [0.2, 0.25) is 5.02 Å². The van der Waals surface area contributed by atoms with Crippen LogP contribution >= 0.6 is 27.5 Å². The number of ether oxygens (including phenoxy) is 1. The van der Waals surface area contributed by atoms with E-state index in [-0.39, 0.29) is 18.2 Å². The molecule has 2 heterocycles. The van der Waals surface area contributed by atoms with Gasteiger partial charge in [0.05, 0.1) is 29.0 Å². The molecule has 2 bridgehead atoms. The van der Waals surface area contributed by atoms with Crippen molar-refractivity contribution in [3.63, 3.8) is 0 Å². The molecule has 2 amide bonds. The molecular weight excluding hydrogens is 332 g/mol. The van der Waals surface area contributed by atoms with E-state index in [1.54, 1.807) is 12.1 Å². The van der Waals surface area contributed by atoms with Gasteiger partial charge in [0.15, 0.2) is 0 Å². The molecule has 2 aliphatic rings. The summed E-state index contributed by atoms with van der Waals surface area (Å²) in [6.45, 7) is 0. The lowest BCUT2D eigenvalue weighted by Gasteiger charge is -2.20. The minimum Gasteiger partial charge on any atom is -0.373 e. The van der Waals surface area contributed by atoms with Crippen LogP contribution in [0, 0.1) is 0 Å². The number of nitrogens with one attached hydrogen (secondary N) is 2. The number of urea groups is 1. The number of carbonyl (C=O) groups excluding carboxylic acids is 1. The molecule has 4 nitrogen and oxygen atoms in total. The second kappa shape index (κ2) is 5.31. The Morgan fingerprint density at radius 2 is 2.26 bits per heavy atom. The Morgan fingerprint density at radius 1 is 1.42 bits per heavy atom. The lowest BCUT2D eigenvalue weighted by atomic mass is 9.96. The first-order valence-electron chi connectivity index (χ1n) is 6.30. The molecule has 1 aromatic rings. The van der Waals surface area contributed by atoms with Crippen molar-refractivity contribution in [1.29, 1.82) is 0 Å². The van der Waals surface area contributed by atoms with Crippen LogP contribution < -0.4 is 10.6 Å². The number of hydrogen-bond donors (Lipinski definition) is 2. The van der Waals surface area contributed by atoms with Crippen molar-refractivity contribution in [2.45, 2.75) is 37.5 Å². The number of carbonyl (C=O) groups is 1. The fraction of sp³-hybridized carbons (Fsp3) is 0.462. The van der Waals surface area contributed by atoms with Crippen molar-refractivity contribution in [1.82, 2.24) is 5.32 Å². The van der Waals surface area contributed by atoms with Crippen molar-refractivity contribution in [2.24, 2.45) is 0 Å². The van der Waals surface area contributed by atoms with Crippen LogP contribution in [0.1, 0.15) is 19.3 Å². The zero-order chi connectivity index (χ0) is 13.4. The monoisotopic (exact) mass is 344 g/mol. The molecule has 0 spiro atoms. The number of benzene rings is 1. The van der Waals surface area contributed by atoms with Gasteiger partial charge in [-0.15, -0.1) is 0 Å². The first-order chi connectivity index (χ1) is 9.11. The van der Waals surface area contributed by atoms with E-state index in [0.717, 1.165) is 23.7 Å². The maximum absolute atomic E-state index is 11.9. The SMILES string of the molecule is O=C(Nc1ccc(Br)cc1Cl)N[C@@H]1C[C@H]2CC[C@H]1O2. The third kappa shape index (κ3) is 2.88. The van der Waals surface area contributed by atoms with Gasteiger partial charge in [-0.1, -0.05) is 27.5 Å². The van der Waals surface area contributed by atoms with Crippen LogP contribution in [0.25, 0.3) is 0 Å². The highest BCUT2D eigenvalue weighted by Gasteiger charge is 2.41. The molecule has 2 N–H and O–H groups in total. The number of amides is 2. The molecule has 0 unspecified atom stereocenters. The van der Waals surface area contributed by atoms with Gasteiger partial charge < -0.3 is 15.4 Å². The Balaban J connectivity index is 1.59. The third-order valence-electron chi connectivity index (χ3n) is 3.60. The molecule has 2 aliphatic heterocycles.